The molecule has 5 rings (SSSR count). The number of ether oxygens (including phenoxy) is 1. The lowest BCUT2D eigenvalue weighted by molar-refractivity contribution is 0.102. The lowest BCUT2D eigenvalue weighted by atomic mass is 10.0. The van der Waals surface area contributed by atoms with E-state index in [-0.39, 0.29) is 16.3 Å². The van der Waals surface area contributed by atoms with Crippen LogP contribution in [0.4, 0.5) is 5.69 Å². The number of nitrogens with zero attached hydrogens (tertiary/aromatic N) is 4. The van der Waals surface area contributed by atoms with Gasteiger partial charge in [-0.05, 0) is 87.6 Å². The Morgan fingerprint density at radius 3 is 2.32 bits per heavy atom. The highest BCUT2D eigenvalue weighted by Crippen LogP contribution is 2.36. The predicted octanol–water partition coefficient (Wildman–Crippen LogP) is 4.68. The van der Waals surface area contributed by atoms with Crippen molar-refractivity contribution in [2.75, 3.05) is 25.5 Å². The third-order valence-electron chi connectivity index (χ3n) is 6.72. The molecule has 9 nitrogen and oxygen atoms in total. The molecule has 0 unspecified atom stereocenters. The number of rotatable bonds is 6. The SMILES string of the molecule is COc1ccc(-c2c(C(=O)Nc3cc(C)cc(C)c3)nn3c(C)cc(C)nc23)cc1S(=O)(=O)N1CCCC1. The maximum atomic E-state index is 13.6. The molecular formula is C28H31N5O4S. The van der Waals surface area contributed by atoms with Gasteiger partial charge in [-0.1, -0.05) is 12.1 Å². The number of benzene rings is 2. The Morgan fingerprint density at radius 1 is 0.974 bits per heavy atom. The number of amides is 1. The summed E-state index contributed by atoms with van der Waals surface area (Å²) >= 11 is 0. The van der Waals surface area contributed by atoms with Crippen LogP contribution in [0.5, 0.6) is 5.75 Å². The first-order chi connectivity index (χ1) is 18.1. The zero-order chi connectivity index (χ0) is 27.2. The summed E-state index contributed by atoms with van der Waals surface area (Å²) in [5.74, 6) is -0.161. The molecule has 3 heterocycles. The van der Waals surface area contributed by atoms with Gasteiger partial charge in [-0.3, -0.25) is 4.79 Å². The molecule has 1 N–H and O–H groups in total. The van der Waals surface area contributed by atoms with Gasteiger partial charge in [0.2, 0.25) is 10.0 Å². The Hall–Kier alpha value is -3.76. The number of fused-ring (bicyclic) bond motifs is 1. The van der Waals surface area contributed by atoms with E-state index in [2.05, 4.69) is 10.4 Å². The number of nitrogens with one attached hydrogen (secondary N) is 1. The Balaban J connectivity index is 1.70. The summed E-state index contributed by atoms with van der Waals surface area (Å²) in [6, 6.07) is 12.6. The fourth-order valence-electron chi connectivity index (χ4n) is 5.08. The van der Waals surface area contributed by atoms with Gasteiger partial charge >= 0.3 is 0 Å². The smallest absolute Gasteiger partial charge is 0.276 e. The van der Waals surface area contributed by atoms with Crippen LogP contribution < -0.4 is 10.1 Å². The Kier molecular flexibility index (Phi) is 6.70. The summed E-state index contributed by atoms with van der Waals surface area (Å²) in [5, 5.41) is 7.60. The van der Waals surface area contributed by atoms with Crippen molar-refractivity contribution in [3.05, 3.63) is 70.7 Å². The average molecular weight is 534 g/mol. The zero-order valence-electron chi connectivity index (χ0n) is 22.2. The molecule has 1 amide bonds. The number of aryl methyl sites for hydroxylation is 4. The van der Waals surface area contributed by atoms with Gasteiger partial charge < -0.3 is 10.1 Å². The molecule has 10 heteroatoms. The largest absolute Gasteiger partial charge is 0.495 e. The summed E-state index contributed by atoms with van der Waals surface area (Å²) in [7, 11) is -2.35. The zero-order valence-corrected chi connectivity index (χ0v) is 23.0. The van der Waals surface area contributed by atoms with Crippen molar-refractivity contribution in [2.24, 2.45) is 0 Å². The Morgan fingerprint density at radius 2 is 1.66 bits per heavy atom. The summed E-state index contributed by atoms with van der Waals surface area (Å²) < 4.78 is 35.7. The van der Waals surface area contributed by atoms with E-state index >= 15 is 0 Å². The number of sulfonamides is 1. The van der Waals surface area contributed by atoms with E-state index in [4.69, 9.17) is 9.72 Å². The molecule has 2 aromatic carbocycles. The van der Waals surface area contributed by atoms with Gasteiger partial charge in [0.15, 0.2) is 11.3 Å². The van der Waals surface area contributed by atoms with E-state index in [0.29, 0.717) is 35.6 Å². The Labute approximate surface area is 222 Å². The molecule has 4 aromatic rings. The lowest BCUT2D eigenvalue weighted by Crippen LogP contribution is -2.28. The van der Waals surface area contributed by atoms with E-state index in [1.807, 2.05) is 52.0 Å². The van der Waals surface area contributed by atoms with Crippen LogP contribution in [0.3, 0.4) is 0 Å². The third-order valence-corrected chi connectivity index (χ3v) is 8.64. The molecule has 38 heavy (non-hydrogen) atoms. The Bertz CT molecular complexity index is 1650. The normalized spacial score (nSPS) is 14.2. The second-order valence-electron chi connectivity index (χ2n) is 9.81. The standard InChI is InChI=1S/C28H31N5O4S/c1-17-12-18(2)14-22(13-17)30-28(34)26-25(27-29-19(3)15-20(4)33(27)31-26)21-8-9-23(37-5)24(16-21)38(35,36)32-10-6-7-11-32/h8-9,12-16H,6-7,10-11H2,1-5H3,(H,30,34). The van der Waals surface area contributed by atoms with E-state index < -0.39 is 15.9 Å². The number of aromatic nitrogens is 3. The number of anilines is 1. The van der Waals surface area contributed by atoms with Crippen LogP contribution in [0.2, 0.25) is 0 Å². The quantitative estimate of drug-likeness (QED) is 0.386. The van der Waals surface area contributed by atoms with Crippen molar-refractivity contribution >= 4 is 27.3 Å². The molecule has 198 valence electrons. The van der Waals surface area contributed by atoms with Crippen LogP contribution in [-0.4, -0.2) is 53.4 Å². The van der Waals surface area contributed by atoms with Gasteiger partial charge in [0.1, 0.15) is 10.6 Å². The minimum absolute atomic E-state index is 0.0591. The monoisotopic (exact) mass is 533 g/mol. The van der Waals surface area contributed by atoms with Gasteiger partial charge in [0, 0.05) is 30.2 Å². The van der Waals surface area contributed by atoms with E-state index in [0.717, 1.165) is 35.4 Å². The molecule has 0 spiro atoms. The first kappa shape index (κ1) is 25.9. The molecule has 2 aromatic heterocycles. The fourth-order valence-corrected chi connectivity index (χ4v) is 6.78. The van der Waals surface area contributed by atoms with Crippen LogP contribution in [0.15, 0.2) is 47.4 Å². The molecule has 1 aliphatic heterocycles. The fraction of sp³-hybridized carbons (Fsp3) is 0.321. The van der Waals surface area contributed by atoms with Crippen molar-refractivity contribution in [3.63, 3.8) is 0 Å². The topological polar surface area (TPSA) is 106 Å². The number of carbonyl (C=O) groups is 1. The van der Waals surface area contributed by atoms with Crippen molar-refractivity contribution in [1.82, 2.24) is 18.9 Å². The summed E-state index contributed by atoms with van der Waals surface area (Å²) in [4.78, 5) is 18.4. The van der Waals surface area contributed by atoms with Crippen molar-refractivity contribution in [2.45, 2.75) is 45.4 Å². The number of hydrogen-bond donors (Lipinski definition) is 1. The minimum atomic E-state index is -3.80. The maximum absolute atomic E-state index is 13.6. The number of carbonyl (C=O) groups excluding carboxylic acids is 1. The number of hydrogen-bond acceptors (Lipinski definition) is 6. The average Bonchev–Trinajstić information content (AvgIpc) is 3.52. The lowest BCUT2D eigenvalue weighted by Gasteiger charge is -2.18. The van der Waals surface area contributed by atoms with Crippen molar-refractivity contribution in [1.29, 1.82) is 0 Å². The van der Waals surface area contributed by atoms with Gasteiger partial charge in [-0.25, -0.2) is 17.9 Å². The minimum Gasteiger partial charge on any atom is -0.495 e. The summed E-state index contributed by atoms with van der Waals surface area (Å²) in [6.07, 6.45) is 1.64. The van der Waals surface area contributed by atoms with Gasteiger partial charge in [-0.15, -0.1) is 0 Å². The molecule has 1 fully saturated rings. The molecule has 1 aliphatic rings. The predicted molar refractivity (Wildman–Crippen MR) is 146 cm³/mol. The van der Waals surface area contributed by atoms with Crippen molar-refractivity contribution < 1.29 is 17.9 Å². The highest BCUT2D eigenvalue weighted by Gasteiger charge is 2.31. The van der Waals surface area contributed by atoms with E-state index in [9.17, 15) is 13.2 Å². The van der Waals surface area contributed by atoms with Crippen LogP contribution in [0.1, 0.15) is 45.8 Å². The van der Waals surface area contributed by atoms with Crippen LogP contribution in [0.25, 0.3) is 16.8 Å². The van der Waals surface area contributed by atoms with Gasteiger partial charge in [-0.2, -0.15) is 9.40 Å². The van der Waals surface area contributed by atoms with Crippen molar-refractivity contribution in [3.8, 4) is 16.9 Å². The number of methoxy groups -OCH3 is 1. The highest BCUT2D eigenvalue weighted by molar-refractivity contribution is 7.89. The van der Waals surface area contributed by atoms with E-state index in [1.165, 1.54) is 11.4 Å². The molecule has 0 bridgehead atoms. The molecule has 0 radical (unpaired) electrons. The molecule has 0 atom stereocenters. The van der Waals surface area contributed by atoms with Crippen LogP contribution in [-0.2, 0) is 10.0 Å². The maximum Gasteiger partial charge on any atom is 0.276 e. The first-order valence-electron chi connectivity index (χ1n) is 12.5. The van der Waals surface area contributed by atoms with E-state index in [1.54, 1.807) is 22.7 Å². The molecular weight excluding hydrogens is 502 g/mol. The second-order valence-corrected chi connectivity index (χ2v) is 11.7. The van der Waals surface area contributed by atoms with Crippen LogP contribution >= 0.6 is 0 Å². The molecule has 0 aliphatic carbocycles. The van der Waals surface area contributed by atoms with Gasteiger partial charge in [0.05, 0.1) is 12.7 Å². The third kappa shape index (κ3) is 4.65. The first-order valence-corrected chi connectivity index (χ1v) is 14.0. The summed E-state index contributed by atoms with van der Waals surface area (Å²) in [5.41, 5.74) is 5.87. The molecule has 0 saturated carbocycles. The second kappa shape index (κ2) is 9.85. The molecule has 1 saturated heterocycles. The van der Waals surface area contributed by atoms with Gasteiger partial charge in [0.25, 0.3) is 5.91 Å². The van der Waals surface area contributed by atoms with Crippen LogP contribution in [0, 0.1) is 27.7 Å². The highest BCUT2D eigenvalue weighted by atomic mass is 32.2. The summed E-state index contributed by atoms with van der Waals surface area (Å²) in [6.45, 7) is 8.63.